The lowest BCUT2D eigenvalue weighted by molar-refractivity contribution is -0.174. The zero-order valence-corrected chi connectivity index (χ0v) is 7.94. The quantitative estimate of drug-likeness (QED) is 0.624. The van der Waals surface area contributed by atoms with Crippen LogP contribution in [0.2, 0.25) is 0 Å². The topological polar surface area (TPSA) is 79.7 Å². The molecule has 90 valence electrons. The summed E-state index contributed by atoms with van der Waals surface area (Å²) in [7, 11) is 0. The summed E-state index contributed by atoms with van der Waals surface area (Å²) in [6.07, 6.45) is -4.87. The van der Waals surface area contributed by atoms with Crippen LogP contribution in [-0.2, 0) is 0 Å². The molecular formula is C8H9F3N2O3. The standard InChI is InChI=1S/C8H9F3N2O3/c9-8(10,11)4-5(13(15)7(12)14)6-2-1-3-16-6/h1-3,5,15H,4H2,(H2,12,14). The predicted molar refractivity (Wildman–Crippen MR) is 45.3 cm³/mol. The zero-order chi connectivity index (χ0) is 12.3. The summed E-state index contributed by atoms with van der Waals surface area (Å²) < 4.78 is 41.3. The highest BCUT2D eigenvalue weighted by molar-refractivity contribution is 5.71. The second kappa shape index (κ2) is 4.44. The lowest BCUT2D eigenvalue weighted by atomic mass is 10.1. The van der Waals surface area contributed by atoms with Crippen molar-refractivity contribution >= 4 is 6.03 Å². The maximum atomic E-state index is 12.2. The Morgan fingerprint density at radius 2 is 2.25 bits per heavy atom. The van der Waals surface area contributed by atoms with Crippen molar-refractivity contribution in [3.8, 4) is 0 Å². The molecular weight excluding hydrogens is 229 g/mol. The van der Waals surface area contributed by atoms with Gasteiger partial charge in [-0.3, -0.25) is 5.21 Å². The molecule has 1 rings (SSSR count). The van der Waals surface area contributed by atoms with Gasteiger partial charge >= 0.3 is 12.2 Å². The van der Waals surface area contributed by atoms with Crippen LogP contribution >= 0.6 is 0 Å². The summed E-state index contributed by atoms with van der Waals surface area (Å²) in [5, 5.41) is 8.92. The number of primary amides is 1. The largest absolute Gasteiger partial charge is 0.467 e. The minimum atomic E-state index is -4.56. The highest BCUT2D eigenvalue weighted by Gasteiger charge is 2.38. The Bertz CT molecular complexity index is 350. The molecule has 1 atom stereocenters. The Balaban J connectivity index is 2.90. The maximum absolute atomic E-state index is 12.2. The molecule has 1 unspecified atom stereocenters. The van der Waals surface area contributed by atoms with Crippen LogP contribution in [0.1, 0.15) is 18.2 Å². The Hall–Kier alpha value is -1.70. The second-order valence-electron chi connectivity index (χ2n) is 3.03. The first kappa shape index (κ1) is 12.4. The number of rotatable bonds is 3. The van der Waals surface area contributed by atoms with Gasteiger partial charge in [-0.25, -0.2) is 4.79 Å². The van der Waals surface area contributed by atoms with Gasteiger partial charge in [0.25, 0.3) is 0 Å². The highest BCUT2D eigenvalue weighted by atomic mass is 19.4. The number of amides is 2. The van der Waals surface area contributed by atoms with Crippen LogP contribution in [0.4, 0.5) is 18.0 Å². The number of alkyl halides is 3. The zero-order valence-electron chi connectivity index (χ0n) is 7.94. The van der Waals surface area contributed by atoms with Gasteiger partial charge in [0.15, 0.2) is 0 Å². The van der Waals surface area contributed by atoms with Crippen LogP contribution in [-0.4, -0.2) is 22.5 Å². The van der Waals surface area contributed by atoms with Crippen molar-refractivity contribution in [2.24, 2.45) is 5.73 Å². The molecule has 2 amide bonds. The van der Waals surface area contributed by atoms with Crippen LogP contribution < -0.4 is 5.73 Å². The molecule has 1 aromatic heterocycles. The van der Waals surface area contributed by atoms with E-state index >= 15 is 0 Å². The number of nitrogens with zero attached hydrogens (tertiary/aromatic N) is 1. The summed E-state index contributed by atoms with van der Waals surface area (Å²) >= 11 is 0. The Morgan fingerprint density at radius 3 is 2.62 bits per heavy atom. The molecule has 0 spiro atoms. The number of furan rings is 1. The first-order valence-electron chi connectivity index (χ1n) is 4.19. The molecule has 8 heteroatoms. The molecule has 0 aliphatic heterocycles. The molecule has 1 aromatic rings. The average molecular weight is 238 g/mol. The number of nitrogens with two attached hydrogens (primary N) is 1. The number of hydrogen-bond donors (Lipinski definition) is 2. The van der Waals surface area contributed by atoms with E-state index in [0.29, 0.717) is 0 Å². The van der Waals surface area contributed by atoms with Gasteiger partial charge < -0.3 is 10.2 Å². The van der Waals surface area contributed by atoms with Gasteiger partial charge in [0.05, 0.1) is 12.7 Å². The van der Waals surface area contributed by atoms with Gasteiger partial charge in [-0.2, -0.15) is 18.2 Å². The van der Waals surface area contributed by atoms with E-state index in [1.54, 1.807) is 0 Å². The summed E-state index contributed by atoms with van der Waals surface area (Å²) in [5.41, 5.74) is 4.69. The van der Waals surface area contributed by atoms with Gasteiger partial charge in [-0.1, -0.05) is 0 Å². The van der Waals surface area contributed by atoms with E-state index in [4.69, 9.17) is 9.62 Å². The Kier molecular flexibility index (Phi) is 3.43. The number of halogens is 3. The number of carbonyl (C=O) groups excluding carboxylic acids is 1. The summed E-state index contributed by atoms with van der Waals surface area (Å²) in [4.78, 5) is 10.6. The third kappa shape index (κ3) is 3.16. The number of urea groups is 1. The van der Waals surface area contributed by atoms with Gasteiger partial charge in [0, 0.05) is 0 Å². The Morgan fingerprint density at radius 1 is 1.62 bits per heavy atom. The summed E-state index contributed by atoms with van der Waals surface area (Å²) in [5.74, 6) is -0.196. The molecule has 0 saturated heterocycles. The molecule has 0 saturated carbocycles. The summed E-state index contributed by atoms with van der Waals surface area (Å²) in [6.45, 7) is 0. The van der Waals surface area contributed by atoms with E-state index in [1.807, 2.05) is 0 Å². The van der Waals surface area contributed by atoms with Crippen molar-refractivity contribution in [3.63, 3.8) is 0 Å². The van der Waals surface area contributed by atoms with E-state index < -0.39 is 24.7 Å². The molecule has 5 nitrogen and oxygen atoms in total. The van der Waals surface area contributed by atoms with E-state index in [9.17, 15) is 18.0 Å². The van der Waals surface area contributed by atoms with Gasteiger partial charge in [-0.15, -0.1) is 0 Å². The van der Waals surface area contributed by atoms with Crippen LogP contribution in [0.15, 0.2) is 22.8 Å². The van der Waals surface area contributed by atoms with Crippen LogP contribution in [0.3, 0.4) is 0 Å². The molecule has 3 N–H and O–H groups in total. The average Bonchev–Trinajstić information content (AvgIpc) is 2.64. The van der Waals surface area contributed by atoms with Crippen molar-refractivity contribution < 1.29 is 27.6 Å². The van der Waals surface area contributed by atoms with E-state index in [1.165, 1.54) is 12.1 Å². The lowest BCUT2D eigenvalue weighted by Crippen LogP contribution is -2.38. The van der Waals surface area contributed by atoms with E-state index in [0.717, 1.165) is 6.26 Å². The third-order valence-electron chi connectivity index (χ3n) is 1.82. The lowest BCUT2D eigenvalue weighted by Gasteiger charge is -2.23. The Labute approximate surface area is 88.2 Å². The molecule has 16 heavy (non-hydrogen) atoms. The SMILES string of the molecule is NC(=O)N(O)C(CC(F)(F)F)c1ccco1. The van der Waals surface area contributed by atoms with Crippen molar-refractivity contribution in [1.29, 1.82) is 0 Å². The third-order valence-corrected chi connectivity index (χ3v) is 1.82. The normalized spacial score (nSPS) is 13.5. The fraction of sp³-hybridized carbons (Fsp3) is 0.375. The monoisotopic (exact) mass is 238 g/mol. The predicted octanol–water partition coefficient (Wildman–Crippen LogP) is 2.04. The highest BCUT2D eigenvalue weighted by Crippen LogP contribution is 2.32. The maximum Gasteiger partial charge on any atom is 0.391 e. The minimum Gasteiger partial charge on any atom is -0.467 e. The van der Waals surface area contributed by atoms with Crippen molar-refractivity contribution in [1.82, 2.24) is 5.06 Å². The van der Waals surface area contributed by atoms with E-state index in [2.05, 4.69) is 5.73 Å². The number of hydrogen-bond acceptors (Lipinski definition) is 3. The molecule has 0 aliphatic carbocycles. The fourth-order valence-electron chi connectivity index (χ4n) is 1.16. The number of hydroxylamine groups is 2. The van der Waals surface area contributed by atoms with Crippen molar-refractivity contribution in [2.45, 2.75) is 18.6 Å². The van der Waals surface area contributed by atoms with E-state index in [-0.39, 0.29) is 10.8 Å². The van der Waals surface area contributed by atoms with Crippen LogP contribution in [0, 0.1) is 0 Å². The smallest absolute Gasteiger partial charge is 0.391 e. The van der Waals surface area contributed by atoms with Crippen molar-refractivity contribution in [3.05, 3.63) is 24.2 Å². The summed E-state index contributed by atoms with van der Waals surface area (Å²) in [6, 6.07) is -0.506. The first-order chi connectivity index (χ1) is 7.31. The molecule has 1 heterocycles. The molecule has 0 aliphatic rings. The van der Waals surface area contributed by atoms with Crippen LogP contribution in [0.25, 0.3) is 0 Å². The molecule has 0 fully saturated rings. The van der Waals surface area contributed by atoms with Gasteiger partial charge in [0.2, 0.25) is 0 Å². The number of carbonyl (C=O) groups is 1. The van der Waals surface area contributed by atoms with Gasteiger partial charge in [0.1, 0.15) is 11.8 Å². The molecule has 0 bridgehead atoms. The van der Waals surface area contributed by atoms with Crippen LogP contribution in [0.5, 0.6) is 0 Å². The molecule has 0 radical (unpaired) electrons. The second-order valence-corrected chi connectivity index (χ2v) is 3.03. The minimum absolute atomic E-state index is 0.196. The molecule has 0 aromatic carbocycles. The van der Waals surface area contributed by atoms with Gasteiger partial charge in [-0.05, 0) is 12.1 Å². The van der Waals surface area contributed by atoms with Crippen molar-refractivity contribution in [2.75, 3.05) is 0 Å². The fourth-order valence-corrected chi connectivity index (χ4v) is 1.16. The first-order valence-corrected chi connectivity index (χ1v) is 4.19.